The van der Waals surface area contributed by atoms with Crippen molar-refractivity contribution in [3.8, 4) is 0 Å². The summed E-state index contributed by atoms with van der Waals surface area (Å²) in [6.45, 7) is 5.61. The second kappa shape index (κ2) is 5.72. The van der Waals surface area contributed by atoms with Gasteiger partial charge in [0, 0.05) is 5.56 Å². The van der Waals surface area contributed by atoms with Crippen LogP contribution in [0.5, 0.6) is 0 Å². The molecule has 1 N–H and O–H groups in total. The van der Waals surface area contributed by atoms with Crippen LogP contribution in [0.1, 0.15) is 38.2 Å². The summed E-state index contributed by atoms with van der Waals surface area (Å²) >= 11 is 0. The molecule has 0 spiro atoms. The van der Waals surface area contributed by atoms with E-state index in [-0.39, 0.29) is 11.9 Å². The Hall–Kier alpha value is -1.48. The van der Waals surface area contributed by atoms with E-state index in [4.69, 9.17) is 0 Å². The second-order valence-electron chi connectivity index (χ2n) is 6.38. The van der Waals surface area contributed by atoms with Crippen molar-refractivity contribution >= 4 is 18.0 Å². The normalized spacial score (nSPS) is 32.2. The largest absolute Gasteiger partial charge is 0.393 e. The lowest BCUT2D eigenvalue weighted by Crippen LogP contribution is -2.06. The highest BCUT2D eigenvalue weighted by Gasteiger charge is 2.42. The molecule has 2 saturated carbocycles. The Morgan fingerprint density at radius 1 is 1.29 bits per heavy atom. The van der Waals surface area contributed by atoms with Crippen molar-refractivity contribution < 1.29 is 9.50 Å². The molecule has 21 heavy (non-hydrogen) atoms. The lowest BCUT2D eigenvalue weighted by Gasteiger charge is -2.18. The first-order valence-corrected chi connectivity index (χ1v) is 7.73. The third-order valence-electron chi connectivity index (χ3n) is 5.18. The predicted molar refractivity (Wildman–Crippen MR) is 84.2 cm³/mol. The van der Waals surface area contributed by atoms with E-state index in [1.165, 1.54) is 11.6 Å². The molecule has 2 fully saturated rings. The van der Waals surface area contributed by atoms with E-state index in [0.717, 1.165) is 36.9 Å². The van der Waals surface area contributed by atoms with Gasteiger partial charge in [-0.25, -0.2) is 4.39 Å². The molecule has 0 radical (unpaired) electrons. The third kappa shape index (κ3) is 2.67. The Labute approximate surface area is 125 Å². The van der Waals surface area contributed by atoms with Crippen LogP contribution in [0.4, 0.5) is 10.1 Å². The van der Waals surface area contributed by atoms with Gasteiger partial charge in [-0.1, -0.05) is 6.08 Å². The number of aliphatic hydroxyl groups excluding tert-OH is 1. The van der Waals surface area contributed by atoms with E-state index in [1.807, 2.05) is 6.92 Å². The van der Waals surface area contributed by atoms with Crippen LogP contribution in [0.2, 0.25) is 0 Å². The fourth-order valence-corrected chi connectivity index (χ4v) is 4.33. The van der Waals surface area contributed by atoms with E-state index in [0.29, 0.717) is 17.8 Å². The predicted octanol–water partition coefficient (Wildman–Crippen LogP) is 4.36. The van der Waals surface area contributed by atoms with Gasteiger partial charge in [0.2, 0.25) is 0 Å². The van der Waals surface area contributed by atoms with Gasteiger partial charge in [-0.3, -0.25) is 4.99 Å². The second-order valence-corrected chi connectivity index (χ2v) is 6.38. The van der Waals surface area contributed by atoms with Gasteiger partial charge in [0.25, 0.3) is 0 Å². The lowest BCUT2D eigenvalue weighted by atomic mass is 9.88. The molecule has 0 heterocycles. The van der Waals surface area contributed by atoms with Crippen LogP contribution >= 0.6 is 0 Å². The average molecular weight is 287 g/mol. The Morgan fingerprint density at radius 3 is 2.52 bits per heavy atom. The van der Waals surface area contributed by atoms with Crippen LogP contribution in [0.3, 0.4) is 0 Å². The summed E-state index contributed by atoms with van der Waals surface area (Å²) in [6, 6.07) is 4.70. The molecule has 2 aliphatic rings. The highest BCUT2D eigenvalue weighted by molar-refractivity contribution is 5.77. The number of fused-ring (bicyclic) bond motifs is 1. The Balaban J connectivity index is 1.87. The molecule has 2 nitrogen and oxygen atoms in total. The van der Waals surface area contributed by atoms with E-state index in [2.05, 4.69) is 17.8 Å². The summed E-state index contributed by atoms with van der Waals surface area (Å²) < 4.78 is 13.6. The molecule has 4 atom stereocenters. The van der Waals surface area contributed by atoms with Gasteiger partial charge in [0.05, 0.1) is 11.8 Å². The molecule has 2 unspecified atom stereocenters. The Kier molecular flexibility index (Phi) is 3.94. The maximum atomic E-state index is 13.6. The molecule has 0 saturated heterocycles. The van der Waals surface area contributed by atoms with Crippen molar-refractivity contribution in [3.05, 3.63) is 35.7 Å². The van der Waals surface area contributed by atoms with Crippen LogP contribution in [0.15, 0.2) is 29.3 Å². The van der Waals surface area contributed by atoms with Gasteiger partial charge in [0.1, 0.15) is 5.82 Å². The number of aliphatic hydroxyl groups is 1. The first-order valence-electron chi connectivity index (χ1n) is 7.73. The minimum Gasteiger partial charge on any atom is -0.393 e. The maximum absolute atomic E-state index is 13.6. The fourth-order valence-electron chi connectivity index (χ4n) is 4.33. The van der Waals surface area contributed by atoms with Gasteiger partial charge < -0.3 is 5.11 Å². The topological polar surface area (TPSA) is 32.6 Å². The number of allylic oxidation sites excluding steroid dienone is 2. The van der Waals surface area contributed by atoms with Crippen LogP contribution in [-0.4, -0.2) is 17.9 Å². The van der Waals surface area contributed by atoms with E-state index in [1.54, 1.807) is 12.1 Å². The van der Waals surface area contributed by atoms with E-state index < -0.39 is 0 Å². The highest BCUT2D eigenvalue weighted by atomic mass is 19.1. The summed E-state index contributed by atoms with van der Waals surface area (Å²) in [6.07, 6.45) is 6.01. The van der Waals surface area contributed by atoms with E-state index in [9.17, 15) is 9.50 Å². The van der Waals surface area contributed by atoms with Gasteiger partial charge in [-0.2, -0.15) is 0 Å². The van der Waals surface area contributed by atoms with Gasteiger partial charge in [0.15, 0.2) is 0 Å². The van der Waals surface area contributed by atoms with Crippen LogP contribution < -0.4 is 0 Å². The van der Waals surface area contributed by atoms with Gasteiger partial charge >= 0.3 is 0 Å². The summed E-state index contributed by atoms with van der Waals surface area (Å²) in [4.78, 5) is 4.04. The molecule has 0 bridgehead atoms. The van der Waals surface area contributed by atoms with Gasteiger partial charge in [-0.05, 0) is 80.9 Å². The van der Waals surface area contributed by atoms with Crippen molar-refractivity contribution in [2.75, 3.05) is 0 Å². The number of nitrogens with zero attached hydrogens (tertiary/aromatic N) is 1. The van der Waals surface area contributed by atoms with Crippen LogP contribution in [0, 0.1) is 23.6 Å². The number of benzene rings is 1. The molecule has 112 valence electrons. The maximum Gasteiger partial charge on any atom is 0.123 e. The van der Waals surface area contributed by atoms with Crippen molar-refractivity contribution in [3.63, 3.8) is 0 Å². The number of hydrogen-bond donors (Lipinski definition) is 1. The zero-order chi connectivity index (χ0) is 15.0. The molecule has 3 rings (SSSR count). The van der Waals surface area contributed by atoms with Crippen molar-refractivity contribution in [1.29, 1.82) is 0 Å². The molecule has 0 amide bonds. The molecular formula is C18H22FNO. The van der Waals surface area contributed by atoms with Crippen molar-refractivity contribution in [2.24, 2.45) is 22.7 Å². The molecule has 0 aliphatic heterocycles. The summed E-state index contributed by atoms with van der Waals surface area (Å²) in [5.74, 6) is 1.45. The zero-order valence-electron chi connectivity index (χ0n) is 12.4. The lowest BCUT2D eigenvalue weighted by molar-refractivity contribution is 0.170. The molecule has 0 aromatic heterocycles. The van der Waals surface area contributed by atoms with Crippen LogP contribution in [-0.2, 0) is 0 Å². The highest BCUT2D eigenvalue weighted by Crippen LogP contribution is 2.51. The Morgan fingerprint density at radius 2 is 1.95 bits per heavy atom. The van der Waals surface area contributed by atoms with Crippen molar-refractivity contribution in [1.82, 2.24) is 0 Å². The van der Waals surface area contributed by atoms with E-state index >= 15 is 0 Å². The summed E-state index contributed by atoms with van der Waals surface area (Å²) in [5.41, 5.74) is 2.81. The first-order chi connectivity index (χ1) is 10.1. The fraction of sp³-hybridized carbons (Fsp3) is 0.500. The summed E-state index contributed by atoms with van der Waals surface area (Å²) in [5, 5.41) is 9.77. The number of rotatable bonds is 3. The smallest absolute Gasteiger partial charge is 0.123 e. The quantitative estimate of drug-likeness (QED) is 0.823. The van der Waals surface area contributed by atoms with Crippen LogP contribution in [0.25, 0.3) is 5.57 Å². The monoisotopic (exact) mass is 287 g/mol. The number of aliphatic imine (C=N–C) groups is 1. The molecule has 3 heteroatoms. The number of halogens is 1. The first kappa shape index (κ1) is 14.5. The summed E-state index contributed by atoms with van der Waals surface area (Å²) in [7, 11) is 0. The zero-order valence-corrected chi connectivity index (χ0v) is 12.4. The Bertz CT molecular complexity index is 567. The van der Waals surface area contributed by atoms with Crippen molar-refractivity contribution in [2.45, 2.75) is 38.7 Å². The molecule has 1 aromatic rings. The minimum atomic E-state index is -0.231. The standard InChI is InChI=1S/C18H22FNO/c1-3-16(17-10-14(19)4-5-18(17)20-2)13-6-11-8-15(21)9-12(11)7-13/h3-5,10-13,15,21H,2,6-9H2,1H3/b16-3-/t11-,12+,13?,15?. The van der Waals surface area contributed by atoms with Gasteiger partial charge in [-0.15, -0.1) is 0 Å². The molecule has 2 aliphatic carbocycles. The molecular weight excluding hydrogens is 265 g/mol. The SMILES string of the molecule is C=Nc1ccc(F)cc1/C(=C\C)C1C[C@H]2CC(O)C[C@H]2C1. The average Bonchev–Trinajstić information content (AvgIpc) is 2.97. The minimum absolute atomic E-state index is 0.116. The number of hydrogen-bond acceptors (Lipinski definition) is 2. The third-order valence-corrected chi connectivity index (χ3v) is 5.18. The molecule has 1 aromatic carbocycles.